The van der Waals surface area contributed by atoms with Crippen molar-refractivity contribution in [3.63, 3.8) is 0 Å². The first-order chi connectivity index (χ1) is 19.5. The summed E-state index contributed by atoms with van der Waals surface area (Å²) in [6.45, 7) is 3.18. The number of hydrogen-bond donors (Lipinski definition) is 0. The van der Waals surface area contributed by atoms with E-state index in [4.69, 9.17) is 11.6 Å². The number of fused-ring (bicyclic) bond motifs is 3. The van der Waals surface area contributed by atoms with Crippen LogP contribution in [0.3, 0.4) is 0 Å². The molecule has 0 unspecified atom stereocenters. The van der Waals surface area contributed by atoms with E-state index >= 15 is 0 Å². The summed E-state index contributed by atoms with van der Waals surface area (Å²) < 4.78 is 3.79. The van der Waals surface area contributed by atoms with E-state index in [1.54, 1.807) is 30.3 Å². The number of allylic oxidation sites excluding steroid dienone is 1. The van der Waals surface area contributed by atoms with Gasteiger partial charge in [-0.2, -0.15) is 0 Å². The van der Waals surface area contributed by atoms with Gasteiger partial charge in [-0.3, -0.25) is 9.36 Å². The minimum Gasteiger partial charge on any atom is -0.358 e. The highest BCUT2D eigenvalue weighted by Crippen LogP contribution is 2.31. The number of nitro groups is 1. The number of benzene rings is 3. The minimum atomic E-state index is -0.578. The van der Waals surface area contributed by atoms with E-state index in [2.05, 4.69) is 46.8 Å². The van der Waals surface area contributed by atoms with Crippen LogP contribution in [0.4, 0.5) is 5.82 Å². The van der Waals surface area contributed by atoms with Crippen molar-refractivity contribution >= 4 is 56.8 Å². The smallest absolute Gasteiger partial charge is 0.358 e. The Morgan fingerprint density at radius 3 is 2.42 bits per heavy atom. The molecule has 8 heteroatoms. The van der Waals surface area contributed by atoms with Crippen molar-refractivity contribution in [3.05, 3.63) is 106 Å². The summed E-state index contributed by atoms with van der Waals surface area (Å²) in [6.07, 6.45) is 11.7. The lowest BCUT2D eigenvalue weighted by Gasteiger charge is -2.09. The van der Waals surface area contributed by atoms with Crippen LogP contribution in [-0.4, -0.2) is 24.8 Å². The molecule has 0 radical (unpaired) electrons. The number of unbranched alkanes of at least 4 members (excludes halogenated alkanes) is 5. The largest absolute Gasteiger partial charge is 0.381 e. The lowest BCUT2D eigenvalue weighted by molar-refractivity contribution is -0.389. The highest BCUT2D eigenvalue weighted by Gasteiger charge is 2.20. The number of imidazole rings is 1. The summed E-state index contributed by atoms with van der Waals surface area (Å²) in [4.78, 5) is 28.2. The molecule has 0 atom stereocenters. The maximum atomic E-state index is 13.6. The number of hydrogen-bond acceptors (Lipinski definition) is 4. The SMILES string of the molecule is CCCCCCCCn1c2ccccc2c2cc(/C=C(/C(=O)c3ccc(Cl)cc3)n3cnc([N+](=O)[O-])c3)ccc21. The third-order valence-electron chi connectivity index (χ3n) is 7.21. The lowest BCUT2D eigenvalue weighted by atomic mass is 10.0. The van der Waals surface area contributed by atoms with Crippen molar-refractivity contribution < 1.29 is 9.72 Å². The molecule has 0 fully saturated rings. The number of aryl methyl sites for hydroxylation is 1. The summed E-state index contributed by atoms with van der Waals surface area (Å²) in [6, 6.07) is 21.1. The maximum Gasteiger partial charge on any atom is 0.381 e. The van der Waals surface area contributed by atoms with Crippen LogP contribution in [-0.2, 0) is 6.54 Å². The van der Waals surface area contributed by atoms with Crippen molar-refractivity contribution in [1.82, 2.24) is 14.1 Å². The van der Waals surface area contributed by atoms with Gasteiger partial charge in [-0.25, -0.2) is 0 Å². The molecule has 40 heavy (non-hydrogen) atoms. The molecule has 0 saturated heterocycles. The summed E-state index contributed by atoms with van der Waals surface area (Å²) in [5.74, 6) is -0.627. The van der Waals surface area contributed by atoms with Gasteiger partial charge in [0, 0.05) is 38.9 Å². The third-order valence-corrected chi connectivity index (χ3v) is 7.46. The van der Waals surface area contributed by atoms with Crippen LogP contribution in [0.15, 0.2) is 79.3 Å². The summed E-state index contributed by atoms with van der Waals surface area (Å²) in [5, 5.41) is 14.1. The zero-order chi connectivity index (χ0) is 28.1. The molecule has 0 aliphatic carbocycles. The van der Waals surface area contributed by atoms with Crippen molar-refractivity contribution in [2.75, 3.05) is 0 Å². The number of rotatable bonds is 12. The molecule has 204 valence electrons. The van der Waals surface area contributed by atoms with Crippen LogP contribution in [0.5, 0.6) is 0 Å². The standard InChI is InChI=1S/C32H31ClN4O3/c1-2-3-4-5-6-9-18-36-28-11-8-7-10-26(28)27-19-23(12-17-29(27)36)20-30(35-21-31(34-22-35)37(39)40)32(38)24-13-15-25(33)16-14-24/h7-8,10-17,19-22H,2-6,9,18H2,1H3/b30-20-. The van der Waals surface area contributed by atoms with Crippen molar-refractivity contribution in [2.45, 2.75) is 52.0 Å². The summed E-state index contributed by atoms with van der Waals surface area (Å²) in [7, 11) is 0. The second kappa shape index (κ2) is 12.3. The Labute approximate surface area is 237 Å². The number of aromatic nitrogens is 3. The Morgan fingerprint density at radius 2 is 1.68 bits per heavy atom. The molecule has 0 amide bonds. The van der Waals surface area contributed by atoms with Crippen LogP contribution < -0.4 is 0 Å². The number of halogens is 1. The van der Waals surface area contributed by atoms with Crippen LogP contribution >= 0.6 is 11.6 Å². The number of nitrogens with zero attached hydrogens (tertiary/aromatic N) is 4. The first kappa shape index (κ1) is 27.3. The average molecular weight is 555 g/mol. The zero-order valence-corrected chi connectivity index (χ0v) is 23.2. The van der Waals surface area contributed by atoms with E-state index in [9.17, 15) is 14.9 Å². The predicted molar refractivity (Wildman–Crippen MR) is 162 cm³/mol. The van der Waals surface area contributed by atoms with E-state index in [1.165, 1.54) is 54.7 Å². The highest BCUT2D eigenvalue weighted by atomic mass is 35.5. The van der Waals surface area contributed by atoms with Crippen LogP contribution in [0.2, 0.25) is 5.02 Å². The molecule has 5 rings (SSSR count). The number of ketones is 1. The number of para-hydroxylation sites is 1. The van der Waals surface area contributed by atoms with Gasteiger partial charge in [0.2, 0.25) is 12.1 Å². The Hall–Kier alpha value is -4.23. The van der Waals surface area contributed by atoms with Crippen LogP contribution in [0.1, 0.15) is 61.4 Å². The number of carbonyl (C=O) groups excluding carboxylic acids is 1. The topological polar surface area (TPSA) is 83.0 Å². The third kappa shape index (κ3) is 5.84. The molecule has 2 heterocycles. The normalized spacial score (nSPS) is 11.9. The quantitative estimate of drug-likeness (QED) is 0.0507. The van der Waals surface area contributed by atoms with Gasteiger partial charge >= 0.3 is 5.82 Å². The van der Waals surface area contributed by atoms with Gasteiger partial charge in [0.25, 0.3) is 0 Å². The van der Waals surface area contributed by atoms with E-state index in [1.807, 2.05) is 12.1 Å². The van der Waals surface area contributed by atoms with Crippen molar-refractivity contribution in [2.24, 2.45) is 0 Å². The van der Waals surface area contributed by atoms with E-state index in [0.29, 0.717) is 10.6 Å². The van der Waals surface area contributed by atoms with E-state index in [0.717, 1.165) is 34.8 Å². The van der Waals surface area contributed by atoms with Crippen molar-refractivity contribution in [1.29, 1.82) is 0 Å². The average Bonchev–Trinajstić information content (AvgIpc) is 3.57. The van der Waals surface area contributed by atoms with Crippen molar-refractivity contribution in [3.8, 4) is 0 Å². The fraction of sp³-hybridized carbons (Fsp3) is 0.250. The Morgan fingerprint density at radius 1 is 0.950 bits per heavy atom. The minimum absolute atomic E-state index is 0.248. The highest BCUT2D eigenvalue weighted by molar-refractivity contribution is 6.31. The molecular formula is C32H31ClN4O3. The first-order valence-corrected chi connectivity index (χ1v) is 14.1. The molecule has 0 aliphatic heterocycles. The fourth-order valence-electron chi connectivity index (χ4n) is 5.16. The molecule has 0 saturated carbocycles. The second-order valence-electron chi connectivity index (χ2n) is 9.97. The van der Waals surface area contributed by atoms with Gasteiger partial charge in [-0.1, -0.05) is 74.9 Å². The molecular weight excluding hydrogens is 524 g/mol. The molecule has 7 nitrogen and oxygen atoms in total. The summed E-state index contributed by atoms with van der Waals surface area (Å²) >= 11 is 6.03. The Balaban J connectivity index is 1.54. The predicted octanol–water partition coefficient (Wildman–Crippen LogP) is 8.79. The zero-order valence-electron chi connectivity index (χ0n) is 22.4. The Bertz CT molecular complexity index is 1700. The van der Waals surface area contributed by atoms with Gasteiger partial charge in [0.15, 0.2) is 0 Å². The number of Topliss-reactive ketones (excluding diaryl/α,β-unsaturated/α-hetero) is 1. The van der Waals surface area contributed by atoms with E-state index in [-0.39, 0.29) is 17.3 Å². The molecule has 0 N–H and O–H groups in total. The first-order valence-electron chi connectivity index (χ1n) is 13.7. The fourth-order valence-corrected chi connectivity index (χ4v) is 5.28. The van der Waals surface area contributed by atoms with Gasteiger partial charge in [0.1, 0.15) is 6.20 Å². The molecule has 0 aliphatic rings. The molecule has 2 aromatic heterocycles. The second-order valence-corrected chi connectivity index (χ2v) is 10.4. The Kier molecular flexibility index (Phi) is 8.41. The maximum absolute atomic E-state index is 13.6. The van der Waals surface area contributed by atoms with Gasteiger partial charge < -0.3 is 14.7 Å². The summed E-state index contributed by atoms with van der Waals surface area (Å²) in [5.41, 5.74) is 3.82. The molecule has 0 spiro atoms. The van der Waals surface area contributed by atoms with E-state index < -0.39 is 4.92 Å². The molecule has 3 aromatic carbocycles. The monoisotopic (exact) mass is 554 g/mol. The lowest BCUT2D eigenvalue weighted by Crippen LogP contribution is -2.08. The molecule has 0 bridgehead atoms. The van der Waals surface area contributed by atoms with Gasteiger partial charge in [0.05, 0.1) is 5.70 Å². The van der Waals surface area contributed by atoms with Gasteiger partial charge in [-0.15, -0.1) is 0 Å². The van der Waals surface area contributed by atoms with Crippen LogP contribution in [0, 0.1) is 10.1 Å². The van der Waals surface area contributed by atoms with Gasteiger partial charge in [-0.05, 0) is 70.4 Å². The molecule has 5 aromatic rings. The number of carbonyl (C=O) groups is 1. The van der Waals surface area contributed by atoms with Crippen LogP contribution in [0.25, 0.3) is 33.6 Å².